The van der Waals surface area contributed by atoms with E-state index >= 15 is 0 Å². The topological polar surface area (TPSA) is 120 Å². The predicted octanol–water partition coefficient (Wildman–Crippen LogP) is 3.31. The van der Waals surface area contributed by atoms with Crippen LogP contribution >= 0.6 is 0 Å². The zero-order valence-electron chi connectivity index (χ0n) is 17.4. The highest BCUT2D eigenvalue weighted by Crippen LogP contribution is 2.44. The number of primary sulfonamides is 1. The van der Waals surface area contributed by atoms with Crippen molar-refractivity contribution < 1.29 is 13.2 Å². The molecule has 0 radical (unpaired) electrons. The molecule has 8 nitrogen and oxygen atoms in total. The number of nitrogens with zero attached hydrogens (tertiary/aromatic N) is 3. The van der Waals surface area contributed by atoms with E-state index in [0.29, 0.717) is 30.3 Å². The first-order chi connectivity index (χ1) is 14.7. The minimum absolute atomic E-state index is 0.0662. The molecular formula is C22H25N5O3S. The van der Waals surface area contributed by atoms with E-state index in [1.165, 1.54) is 18.6 Å². The number of sulfonamides is 1. The number of hydrogen-bond donors (Lipinski definition) is 2. The van der Waals surface area contributed by atoms with Gasteiger partial charge in [-0.1, -0.05) is 19.3 Å². The van der Waals surface area contributed by atoms with Crippen LogP contribution in [0.5, 0.6) is 0 Å². The second kappa shape index (κ2) is 7.13. The van der Waals surface area contributed by atoms with Crippen LogP contribution in [0.15, 0.2) is 35.4 Å². The Labute approximate surface area is 180 Å². The minimum atomic E-state index is -3.76. The second-order valence-electron chi connectivity index (χ2n) is 8.77. The van der Waals surface area contributed by atoms with Crippen molar-refractivity contribution in [1.82, 2.24) is 14.5 Å². The molecule has 0 atom stereocenters. The fourth-order valence-corrected chi connectivity index (χ4v) is 5.76. The van der Waals surface area contributed by atoms with E-state index < -0.39 is 10.0 Å². The summed E-state index contributed by atoms with van der Waals surface area (Å²) in [5.41, 5.74) is 3.12. The molecule has 3 N–H and O–H groups in total. The predicted molar refractivity (Wildman–Crippen MR) is 118 cm³/mol. The van der Waals surface area contributed by atoms with E-state index in [2.05, 4.69) is 14.9 Å². The van der Waals surface area contributed by atoms with Crippen LogP contribution in [-0.2, 0) is 26.8 Å². The standard InChI is InChI=1S/C22H25N5O3S/c1-14-9-18(31(23,29)30)5-6-19(14)25-21-24-13-15-10-16-11-17(28)12-22(7-3-2-4-8-22)27(16)20(15)26-21/h5-6,9-10,13H,2-4,7-8,11-12H2,1H3,(H2,23,29,30)(H,24,25,26). The van der Waals surface area contributed by atoms with Gasteiger partial charge in [-0.2, -0.15) is 4.98 Å². The van der Waals surface area contributed by atoms with E-state index in [0.717, 1.165) is 48.0 Å². The highest BCUT2D eigenvalue weighted by Gasteiger charge is 2.41. The maximum Gasteiger partial charge on any atom is 0.238 e. The maximum atomic E-state index is 12.5. The monoisotopic (exact) mass is 439 g/mol. The minimum Gasteiger partial charge on any atom is -0.324 e. The van der Waals surface area contributed by atoms with Crippen LogP contribution in [0.25, 0.3) is 11.0 Å². The number of carbonyl (C=O) groups is 1. The number of Topliss-reactive ketones (excluding diaryl/α,β-unsaturated/α-hetero) is 1. The molecule has 1 spiro atoms. The summed E-state index contributed by atoms with van der Waals surface area (Å²) in [6.07, 6.45) is 8.24. The molecule has 3 aromatic rings. The number of rotatable bonds is 3. The zero-order chi connectivity index (χ0) is 21.8. The highest BCUT2D eigenvalue weighted by molar-refractivity contribution is 7.89. The number of ketones is 1. The van der Waals surface area contributed by atoms with E-state index in [4.69, 9.17) is 10.1 Å². The van der Waals surface area contributed by atoms with Gasteiger partial charge in [-0.3, -0.25) is 4.79 Å². The molecule has 1 saturated carbocycles. The number of hydrogen-bond acceptors (Lipinski definition) is 6. The van der Waals surface area contributed by atoms with Gasteiger partial charge < -0.3 is 9.88 Å². The molecular weight excluding hydrogens is 414 g/mol. The Bertz CT molecular complexity index is 1310. The van der Waals surface area contributed by atoms with Crippen LogP contribution in [0.4, 0.5) is 11.6 Å². The number of fused-ring (bicyclic) bond motifs is 4. The lowest BCUT2D eigenvalue weighted by Gasteiger charge is -2.42. The first-order valence-electron chi connectivity index (χ1n) is 10.6. The number of aromatic nitrogens is 3. The van der Waals surface area contributed by atoms with Crippen molar-refractivity contribution in [3.8, 4) is 0 Å². The number of benzene rings is 1. The molecule has 0 saturated heterocycles. The van der Waals surface area contributed by atoms with Crippen LogP contribution in [-0.4, -0.2) is 28.7 Å². The third-order valence-corrected chi connectivity index (χ3v) is 7.46. The zero-order valence-corrected chi connectivity index (χ0v) is 18.2. The summed E-state index contributed by atoms with van der Waals surface area (Å²) in [4.78, 5) is 21.8. The van der Waals surface area contributed by atoms with Crippen LogP contribution in [0.1, 0.15) is 49.8 Å². The summed E-state index contributed by atoms with van der Waals surface area (Å²) in [6, 6.07) is 6.69. The molecule has 9 heteroatoms. The fourth-order valence-electron chi connectivity index (χ4n) is 5.16. The number of aryl methyl sites for hydroxylation is 1. The van der Waals surface area contributed by atoms with Gasteiger partial charge in [0.2, 0.25) is 16.0 Å². The van der Waals surface area contributed by atoms with Crippen molar-refractivity contribution in [1.29, 1.82) is 0 Å². The van der Waals surface area contributed by atoms with Gasteiger partial charge in [0.15, 0.2) is 0 Å². The molecule has 0 bridgehead atoms. The highest BCUT2D eigenvalue weighted by atomic mass is 32.2. The fraction of sp³-hybridized carbons (Fsp3) is 0.409. The first kappa shape index (κ1) is 20.1. The lowest BCUT2D eigenvalue weighted by Crippen LogP contribution is -2.43. The van der Waals surface area contributed by atoms with Crippen molar-refractivity contribution in [3.63, 3.8) is 0 Å². The number of nitrogens with two attached hydrogens (primary N) is 1. The lowest BCUT2D eigenvalue weighted by atomic mass is 9.75. The Kier molecular flexibility index (Phi) is 4.63. The Balaban J connectivity index is 1.56. The molecule has 162 valence electrons. The molecule has 0 amide bonds. The van der Waals surface area contributed by atoms with Gasteiger partial charge >= 0.3 is 0 Å². The molecule has 1 aliphatic carbocycles. The van der Waals surface area contributed by atoms with E-state index in [1.807, 2.05) is 6.07 Å². The average molecular weight is 440 g/mol. The van der Waals surface area contributed by atoms with Gasteiger partial charge in [-0.15, -0.1) is 0 Å². The largest absolute Gasteiger partial charge is 0.324 e. The number of carbonyl (C=O) groups excluding carboxylic acids is 1. The Hall–Kier alpha value is -2.78. The third-order valence-electron chi connectivity index (χ3n) is 6.55. The molecule has 2 aliphatic rings. The molecule has 1 aliphatic heterocycles. The second-order valence-corrected chi connectivity index (χ2v) is 10.3. The lowest BCUT2D eigenvalue weighted by molar-refractivity contribution is -0.122. The summed E-state index contributed by atoms with van der Waals surface area (Å²) >= 11 is 0. The van der Waals surface area contributed by atoms with Crippen molar-refractivity contribution in [2.75, 3.05) is 5.32 Å². The Morgan fingerprint density at radius 3 is 2.65 bits per heavy atom. The van der Waals surface area contributed by atoms with Gasteiger partial charge in [0.25, 0.3) is 0 Å². The summed E-state index contributed by atoms with van der Waals surface area (Å²) in [5.74, 6) is 0.733. The molecule has 5 rings (SSSR count). The first-order valence-corrected chi connectivity index (χ1v) is 12.1. The molecule has 2 aromatic heterocycles. The van der Waals surface area contributed by atoms with Crippen molar-refractivity contribution >= 4 is 38.5 Å². The Morgan fingerprint density at radius 1 is 1.16 bits per heavy atom. The third kappa shape index (κ3) is 3.51. The Morgan fingerprint density at radius 2 is 1.94 bits per heavy atom. The summed E-state index contributed by atoms with van der Waals surface area (Å²) in [7, 11) is -3.76. The van der Waals surface area contributed by atoms with Crippen LogP contribution in [0.3, 0.4) is 0 Å². The van der Waals surface area contributed by atoms with Crippen molar-refractivity contribution in [3.05, 3.63) is 41.7 Å². The van der Waals surface area contributed by atoms with Gasteiger partial charge in [0, 0.05) is 35.8 Å². The SMILES string of the molecule is Cc1cc(S(N)(=O)=O)ccc1Nc1ncc2cc3n(c2n1)C1(CCCCC1)CC(=O)C3. The molecule has 1 aromatic carbocycles. The molecule has 1 fully saturated rings. The van der Waals surface area contributed by atoms with Gasteiger partial charge in [-0.05, 0) is 49.6 Å². The van der Waals surface area contributed by atoms with E-state index in [1.54, 1.807) is 19.2 Å². The smallest absolute Gasteiger partial charge is 0.238 e. The number of anilines is 2. The van der Waals surface area contributed by atoms with Crippen LogP contribution < -0.4 is 10.5 Å². The summed E-state index contributed by atoms with van der Waals surface area (Å²) < 4.78 is 25.5. The van der Waals surface area contributed by atoms with Crippen molar-refractivity contribution in [2.24, 2.45) is 5.14 Å². The van der Waals surface area contributed by atoms with E-state index in [9.17, 15) is 13.2 Å². The number of nitrogens with one attached hydrogen (secondary N) is 1. The van der Waals surface area contributed by atoms with Crippen LogP contribution in [0, 0.1) is 6.92 Å². The average Bonchev–Trinajstić information content (AvgIpc) is 3.07. The van der Waals surface area contributed by atoms with Gasteiger partial charge in [-0.25, -0.2) is 18.5 Å². The molecule has 0 unspecified atom stereocenters. The summed E-state index contributed by atoms with van der Waals surface area (Å²) in [5, 5.41) is 9.36. The quantitative estimate of drug-likeness (QED) is 0.646. The van der Waals surface area contributed by atoms with Crippen molar-refractivity contribution in [2.45, 2.75) is 62.3 Å². The van der Waals surface area contributed by atoms with Gasteiger partial charge in [0.1, 0.15) is 11.4 Å². The van der Waals surface area contributed by atoms with Gasteiger partial charge in [0.05, 0.1) is 10.4 Å². The maximum absolute atomic E-state index is 12.5. The van der Waals surface area contributed by atoms with E-state index in [-0.39, 0.29) is 10.4 Å². The summed E-state index contributed by atoms with van der Waals surface area (Å²) in [6.45, 7) is 1.80. The molecule has 31 heavy (non-hydrogen) atoms. The normalized spacial score (nSPS) is 18.3. The van der Waals surface area contributed by atoms with Crippen LogP contribution in [0.2, 0.25) is 0 Å². The molecule has 3 heterocycles.